The highest BCUT2D eigenvalue weighted by atomic mass is 32.2. The highest BCUT2D eigenvalue weighted by molar-refractivity contribution is 7.89. The molecule has 0 radical (unpaired) electrons. The first-order valence-corrected chi connectivity index (χ1v) is 12.7. The molecule has 1 aliphatic carbocycles. The number of rotatable bonds is 8. The molecule has 0 spiro atoms. The SMILES string of the molecule is CCC(C)NS(=O)(=O)c1ccc2c(c1)C1C=CCC1C(c1cc(OC)c(OC)c(OC)c1)N2. The molecule has 4 rings (SSSR count). The molecule has 8 heteroatoms. The average Bonchev–Trinajstić information content (AvgIpc) is 3.32. The number of hydrogen-bond donors (Lipinski definition) is 2. The minimum atomic E-state index is -3.57. The first kappa shape index (κ1) is 23.4. The topological polar surface area (TPSA) is 85.9 Å². The third kappa shape index (κ3) is 4.29. The van der Waals surface area contributed by atoms with Gasteiger partial charge in [0.2, 0.25) is 15.8 Å². The Morgan fingerprint density at radius 3 is 2.39 bits per heavy atom. The molecule has 0 aromatic heterocycles. The summed E-state index contributed by atoms with van der Waals surface area (Å²) >= 11 is 0. The maximum absolute atomic E-state index is 12.9. The molecule has 2 N–H and O–H groups in total. The molecular formula is C25H32N2O5S. The molecule has 2 aromatic rings. The fourth-order valence-corrected chi connectivity index (χ4v) is 6.13. The van der Waals surface area contributed by atoms with Crippen LogP contribution in [0.4, 0.5) is 5.69 Å². The lowest BCUT2D eigenvalue weighted by Gasteiger charge is -2.38. The van der Waals surface area contributed by atoms with Crippen LogP contribution in [-0.4, -0.2) is 35.8 Å². The van der Waals surface area contributed by atoms with Gasteiger partial charge >= 0.3 is 0 Å². The van der Waals surface area contributed by atoms with Gasteiger partial charge in [0.25, 0.3) is 0 Å². The van der Waals surface area contributed by atoms with Gasteiger partial charge < -0.3 is 19.5 Å². The van der Waals surface area contributed by atoms with Crippen molar-refractivity contribution in [2.24, 2.45) is 5.92 Å². The van der Waals surface area contributed by atoms with E-state index in [1.54, 1.807) is 27.4 Å². The molecule has 1 heterocycles. The third-order valence-electron chi connectivity index (χ3n) is 6.66. The maximum atomic E-state index is 12.9. The van der Waals surface area contributed by atoms with Crippen LogP contribution in [0.1, 0.15) is 49.8 Å². The van der Waals surface area contributed by atoms with Gasteiger partial charge in [-0.05, 0) is 67.1 Å². The summed E-state index contributed by atoms with van der Waals surface area (Å²) in [4.78, 5) is 0.300. The lowest BCUT2D eigenvalue weighted by molar-refractivity contribution is 0.322. The monoisotopic (exact) mass is 472 g/mol. The number of anilines is 1. The third-order valence-corrected chi connectivity index (χ3v) is 8.25. The highest BCUT2D eigenvalue weighted by Crippen LogP contribution is 2.52. The van der Waals surface area contributed by atoms with Crippen LogP contribution in [-0.2, 0) is 10.0 Å². The summed E-state index contributed by atoms with van der Waals surface area (Å²) in [5.74, 6) is 2.13. The molecule has 0 bridgehead atoms. The Bertz CT molecular complexity index is 1140. The van der Waals surface area contributed by atoms with Crippen molar-refractivity contribution in [3.8, 4) is 17.2 Å². The van der Waals surface area contributed by atoms with Gasteiger partial charge in [0.05, 0.1) is 32.3 Å². The Morgan fingerprint density at radius 1 is 1.09 bits per heavy atom. The summed E-state index contributed by atoms with van der Waals surface area (Å²) < 4.78 is 45.1. The van der Waals surface area contributed by atoms with Crippen molar-refractivity contribution in [2.45, 2.75) is 49.6 Å². The van der Waals surface area contributed by atoms with Gasteiger partial charge in [-0.2, -0.15) is 0 Å². The number of sulfonamides is 1. The van der Waals surface area contributed by atoms with Gasteiger partial charge in [0.1, 0.15) is 0 Å². The van der Waals surface area contributed by atoms with E-state index >= 15 is 0 Å². The molecule has 0 fully saturated rings. The minimum Gasteiger partial charge on any atom is -0.493 e. The fourth-order valence-electron chi connectivity index (χ4n) is 4.77. The predicted molar refractivity (Wildman–Crippen MR) is 129 cm³/mol. The fraction of sp³-hybridized carbons (Fsp3) is 0.440. The number of fused-ring (bicyclic) bond motifs is 3. The number of benzene rings is 2. The molecule has 4 atom stereocenters. The predicted octanol–water partition coefficient (Wildman–Crippen LogP) is 4.62. The molecule has 0 amide bonds. The van der Waals surface area contributed by atoms with E-state index < -0.39 is 10.0 Å². The molecular weight excluding hydrogens is 440 g/mol. The summed E-state index contributed by atoms with van der Waals surface area (Å²) in [5, 5.41) is 3.65. The Labute approximate surface area is 196 Å². The zero-order valence-corrected chi connectivity index (χ0v) is 20.5. The highest BCUT2D eigenvalue weighted by Gasteiger charge is 2.39. The Hall–Kier alpha value is -2.71. The van der Waals surface area contributed by atoms with Crippen LogP contribution in [0.25, 0.3) is 0 Å². The molecule has 1 aliphatic heterocycles. The second-order valence-corrected chi connectivity index (χ2v) is 10.3. The molecule has 33 heavy (non-hydrogen) atoms. The number of hydrogen-bond acceptors (Lipinski definition) is 6. The van der Waals surface area contributed by atoms with E-state index in [4.69, 9.17) is 14.2 Å². The lowest BCUT2D eigenvalue weighted by atomic mass is 9.77. The van der Waals surface area contributed by atoms with Crippen molar-refractivity contribution in [1.29, 1.82) is 0 Å². The first-order valence-electron chi connectivity index (χ1n) is 11.2. The van der Waals surface area contributed by atoms with E-state index in [1.165, 1.54) is 0 Å². The van der Waals surface area contributed by atoms with Gasteiger partial charge in [0, 0.05) is 17.6 Å². The van der Waals surface area contributed by atoms with Gasteiger partial charge in [-0.1, -0.05) is 19.1 Å². The van der Waals surface area contributed by atoms with Crippen LogP contribution in [0.5, 0.6) is 17.2 Å². The van der Waals surface area contributed by atoms with E-state index in [9.17, 15) is 8.42 Å². The van der Waals surface area contributed by atoms with Gasteiger partial charge in [-0.25, -0.2) is 13.1 Å². The largest absolute Gasteiger partial charge is 0.493 e. The molecule has 7 nitrogen and oxygen atoms in total. The zero-order valence-electron chi connectivity index (χ0n) is 19.7. The molecule has 4 unspecified atom stereocenters. The van der Waals surface area contributed by atoms with Crippen LogP contribution in [0.2, 0.25) is 0 Å². The summed E-state index contributed by atoms with van der Waals surface area (Å²) in [6.07, 6.45) is 5.99. The van der Waals surface area contributed by atoms with Crippen molar-refractivity contribution in [3.63, 3.8) is 0 Å². The van der Waals surface area contributed by atoms with E-state index in [2.05, 4.69) is 22.2 Å². The van der Waals surface area contributed by atoms with Crippen LogP contribution in [0.15, 0.2) is 47.4 Å². The number of allylic oxidation sites excluding steroid dienone is 2. The van der Waals surface area contributed by atoms with Crippen LogP contribution in [0, 0.1) is 5.92 Å². The average molecular weight is 473 g/mol. The molecule has 2 aliphatic rings. The van der Waals surface area contributed by atoms with Crippen LogP contribution in [0.3, 0.4) is 0 Å². The first-order chi connectivity index (χ1) is 15.8. The zero-order chi connectivity index (χ0) is 23.8. The van der Waals surface area contributed by atoms with Crippen molar-refractivity contribution in [3.05, 3.63) is 53.6 Å². The summed E-state index contributed by atoms with van der Waals surface area (Å²) in [6, 6.07) is 9.20. The van der Waals surface area contributed by atoms with Crippen molar-refractivity contribution in [2.75, 3.05) is 26.6 Å². The second kappa shape index (κ2) is 9.27. The Morgan fingerprint density at radius 2 is 1.79 bits per heavy atom. The van der Waals surface area contributed by atoms with Gasteiger partial charge in [-0.3, -0.25) is 0 Å². The molecule has 0 saturated carbocycles. The number of ether oxygens (including phenoxy) is 3. The van der Waals surface area contributed by atoms with Gasteiger partial charge in [-0.15, -0.1) is 0 Å². The Balaban J connectivity index is 1.73. The summed E-state index contributed by atoms with van der Waals surface area (Å²) in [7, 11) is 1.24. The minimum absolute atomic E-state index is 0.00639. The number of nitrogens with one attached hydrogen (secondary N) is 2. The normalized spacial score (nSPS) is 22.2. The van der Waals surface area contributed by atoms with E-state index in [-0.39, 0.29) is 23.9 Å². The smallest absolute Gasteiger partial charge is 0.240 e. The van der Waals surface area contributed by atoms with Gasteiger partial charge in [0.15, 0.2) is 11.5 Å². The standard InChI is InChI=1S/C25H32N2O5S/c1-6-15(2)27-33(28,29)17-10-11-21-20(14-17)18-8-7-9-19(18)24(26-21)16-12-22(30-3)25(32-5)23(13-16)31-4/h7-8,10-15,18-19,24,26-27H,6,9H2,1-5H3. The molecule has 178 valence electrons. The summed E-state index contributed by atoms with van der Waals surface area (Å²) in [6.45, 7) is 3.83. The van der Waals surface area contributed by atoms with Crippen LogP contribution < -0.4 is 24.2 Å². The second-order valence-electron chi connectivity index (χ2n) is 8.61. The lowest BCUT2D eigenvalue weighted by Crippen LogP contribution is -2.33. The maximum Gasteiger partial charge on any atom is 0.240 e. The van der Waals surface area contributed by atoms with Crippen molar-refractivity contribution >= 4 is 15.7 Å². The van der Waals surface area contributed by atoms with Crippen LogP contribution >= 0.6 is 0 Å². The molecule has 2 aromatic carbocycles. The van der Waals surface area contributed by atoms with E-state index in [1.807, 2.05) is 38.1 Å². The van der Waals surface area contributed by atoms with Crippen molar-refractivity contribution in [1.82, 2.24) is 4.72 Å². The number of methoxy groups -OCH3 is 3. The van der Waals surface area contributed by atoms with E-state index in [0.29, 0.717) is 22.1 Å². The van der Waals surface area contributed by atoms with Crippen molar-refractivity contribution < 1.29 is 22.6 Å². The quantitative estimate of drug-likeness (QED) is 0.546. The Kier molecular flexibility index (Phi) is 6.59. The van der Waals surface area contributed by atoms with E-state index in [0.717, 1.165) is 29.7 Å². The molecule has 0 saturated heterocycles. The summed E-state index contributed by atoms with van der Waals surface area (Å²) in [5.41, 5.74) is 2.97.